The Bertz CT molecular complexity index is 341. The molecule has 0 fully saturated rings. The maximum absolute atomic E-state index is 3.53. The third-order valence-corrected chi connectivity index (χ3v) is 3.69. The van der Waals surface area contributed by atoms with Crippen LogP contribution in [0.25, 0.3) is 0 Å². The van der Waals surface area contributed by atoms with Crippen LogP contribution in [0.2, 0.25) is 0 Å². The number of halogens is 1. The van der Waals surface area contributed by atoms with Crippen molar-refractivity contribution in [3.05, 3.63) is 34.3 Å². The van der Waals surface area contributed by atoms with Gasteiger partial charge in [-0.2, -0.15) is 0 Å². The largest absolute Gasteiger partial charge is 0.315 e. The highest BCUT2D eigenvalue weighted by atomic mass is 79.9. The van der Waals surface area contributed by atoms with Crippen molar-refractivity contribution in [2.45, 2.75) is 39.3 Å². The lowest BCUT2D eigenvalue weighted by Crippen LogP contribution is -2.39. The zero-order valence-electron chi connectivity index (χ0n) is 11.7. The molecule has 0 saturated carbocycles. The molecule has 18 heavy (non-hydrogen) atoms. The molecule has 0 aromatic heterocycles. The Morgan fingerprint density at radius 1 is 1.33 bits per heavy atom. The molecule has 0 amide bonds. The molecule has 0 radical (unpaired) electrons. The first kappa shape index (κ1) is 15.7. The molecule has 1 unspecified atom stereocenters. The van der Waals surface area contributed by atoms with Gasteiger partial charge < -0.3 is 5.32 Å². The Labute approximate surface area is 120 Å². The highest BCUT2D eigenvalue weighted by Crippen LogP contribution is 2.15. The number of rotatable bonds is 8. The van der Waals surface area contributed by atoms with Crippen molar-refractivity contribution in [2.75, 3.05) is 20.1 Å². The van der Waals surface area contributed by atoms with Crippen LogP contribution >= 0.6 is 15.9 Å². The van der Waals surface area contributed by atoms with Crippen molar-refractivity contribution in [3.63, 3.8) is 0 Å². The quantitative estimate of drug-likeness (QED) is 0.788. The molecule has 0 aliphatic heterocycles. The lowest BCUT2D eigenvalue weighted by molar-refractivity contribution is 0.215. The molecule has 1 aromatic carbocycles. The van der Waals surface area contributed by atoms with Crippen molar-refractivity contribution < 1.29 is 0 Å². The molecule has 1 atom stereocenters. The summed E-state index contributed by atoms with van der Waals surface area (Å²) in [4.78, 5) is 2.45. The van der Waals surface area contributed by atoms with Gasteiger partial charge in [0.15, 0.2) is 0 Å². The fourth-order valence-corrected chi connectivity index (χ4v) is 2.62. The highest BCUT2D eigenvalue weighted by molar-refractivity contribution is 9.10. The maximum atomic E-state index is 3.53. The fraction of sp³-hybridized carbons (Fsp3) is 0.600. The van der Waals surface area contributed by atoms with E-state index in [0.29, 0.717) is 6.04 Å². The molecule has 0 bridgehead atoms. The number of hydrogen-bond donors (Lipinski definition) is 1. The van der Waals surface area contributed by atoms with E-state index in [4.69, 9.17) is 0 Å². The molecule has 0 heterocycles. The molecule has 0 aliphatic rings. The van der Waals surface area contributed by atoms with E-state index < -0.39 is 0 Å². The fourth-order valence-electron chi connectivity index (χ4n) is 2.17. The minimum Gasteiger partial charge on any atom is -0.315 e. The second-order valence-electron chi connectivity index (χ2n) is 4.80. The van der Waals surface area contributed by atoms with Gasteiger partial charge in [-0.1, -0.05) is 48.3 Å². The van der Waals surface area contributed by atoms with Crippen molar-refractivity contribution in [1.29, 1.82) is 0 Å². The van der Waals surface area contributed by atoms with Gasteiger partial charge in [-0.15, -0.1) is 0 Å². The Hall–Kier alpha value is -0.380. The van der Waals surface area contributed by atoms with E-state index in [9.17, 15) is 0 Å². The van der Waals surface area contributed by atoms with Crippen LogP contribution in [0, 0.1) is 0 Å². The predicted octanol–water partition coefficient (Wildman–Crippen LogP) is 3.66. The SMILES string of the molecule is CCCC(CNCC)N(C)Cc1cccc(Br)c1. The van der Waals surface area contributed by atoms with Gasteiger partial charge in [0.25, 0.3) is 0 Å². The molecular formula is C15H25BrN2. The molecule has 0 spiro atoms. The third kappa shape index (κ3) is 5.51. The van der Waals surface area contributed by atoms with Crippen LogP contribution in [-0.4, -0.2) is 31.1 Å². The minimum atomic E-state index is 0.619. The second kappa shape index (κ2) is 8.68. The van der Waals surface area contributed by atoms with E-state index in [0.717, 1.165) is 24.1 Å². The number of nitrogens with zero attached hydrogens (tertiary/aromatic N) is 1. The molecule has 1 N–H and O–H groups in total. The van der Waals surface area contributed by atoms with Gasteiger partial charge in [0.2, 0.25) is 0 Å². The zero-order valence-corrected chi connectivity index (χ0v) is 13.3. The van der Waals surface area contributed by atoms with Crippen LogP contribution in [-0.2, 0) is 6.54 Å². The van der Waals surface area contributed by atoms with Gasteiger partial charge in [-0.25, -0.2) is 0 Å². The zero-order chi connectivity index (χ0) is 13.4. The van der Waals surface area contributed by atoms with E-state index in [1.807, 2.05) is 0 Å². The molecule has 1 rings (SSSR count). The summed E-state index contributed by atoms with van der Waals surface area (Å²) in [6, 6.07) is 9.19. The average Bonchev–Trinajstić information content (AvgIpc) is 2.34. The van der Waals surface area contributed by atoms with Crippen LogP contribution in [0.3, 0.4) is 0 Å². The van der Waals surface area contributed by atoms with Gasteiger partial charge in [-0.05, 0) is 37.7 Å². The Morgan fingerprint density at radius 2 is 2.11 bits per heavy atom. The number of nitrogens with one attached hydrogen (secondary N) is 1. The molecule has 3 heteroatoms. The molecule has 2 nitrogen and oxygen atoms in total. The van der Waals surface area contributed by atoms with Crippen LogP contribution < -0.4 is 5.32 Å². The summed E-state index contributed by atoms with van der Waals surface area (Å²) in [6.45, 7) is 7.55. The monoisotopic (exact) mass is 312 g/mol. The Balaban J connectivity index is 2.56. The molecule has 1 aromatic rings. The van der Waals surface area contributed by atoms with Gasteiger partial charge in [0, 0.05) is 23.6 Å². The van der Waals surface area contributed by atoms with E-state index in [2.05, 4.69) is 71.3 Å². The molecule has 0 aliphatic carbocycles. The van der Waals surface area contributed by atoms with Gasteiger partial charge in [-0.3, -0.25) is 4.90 Å². The summed E-state index contributed by atoms with van der Waals surface area (Å²) in [6.07, 6.45) is 2.48. The maximum Gasteiger partial charge on any atom is 0.0234 e. The van der Waals surface area contributed by atoms with Crippen molar-refractivity contribution >= 4 is 15.9 Å². The first-order valence-electron chi connectivity index (χ1n) is 6.82. The lowest BCUT2D eigenvalue weighted by atomic mass is 10.1. The summed E-state index contributed by atoms with van der Waals surface area (Å²) in [5.74, 6) is 0. The second-order valence-corrected chi connectivity index (χ2v) is 5.71. The van der Waals surface area contributed by atoms with E-state index in [-0.39, 0.29) is 0 Å². The smallest absolute Gasteiger partial charge is 0.0234 e. The number of likely N-dealkylation sites (N-methyl/N-ethyl adjacent to an activating group) is 2. The Morgan fingerprint density at radius 3 is 2.72 bits per heavy atom. The third-order valence-electron chi connectivity index (χ3n) is 3.20. The molecule has 102 valence electrons. The van der Waals surface area contributed by atoms with Crippen LogP contribution in [0.15, 0.2) is 28.7 Å². The molecular weight excluding hydrogens is 288 g/mol. The highest BCUT2D eigenvalue weighted by Gasteiger charge is 2.13. The van der Waals surface area contributed by atoms with Crippen LogP contribution in [0.1, 0.15) is 32.3 Å². The van der Waals surface area contributed by atoms with Gasteiger partial charge >= 0.3 is 0 Å². The number of benzene rings is 1. The molecule has 0 saturated heterocycles. The van der Waals surface area contributed by atoms with E-state index >= 15 is 0 Å². The van der Waals surface area contributed by atoms with Gasteiger partial charge in [0.05, 0.1) is 0 Å². The summed E-state index contributed by atoms with van der Waals surface area (Å²) >= 11 is 3.53. The summed E-state index contributed by atoms with van der Waals surface area (Å²) in [5.41, 5.74) is 1.37. The first-order valence-corrected chi connectivity index (χ1v) is 7.62. The summed E-state index contributed by atoms with van der Waals surface area (Å²) in [7, 11) is 2.22. The van der Waals surface area contributed by atoms with Crippen LogP contribution in [0.5, 0.6) is 0 Å². The summed E-state index contributed by atoms with van der Waals surface area (Å²) < 4.78 is 1.16. The Kier molecular flexibility index (Phi) is 7.56. The minimum absolute atomic E-state index is 0.619. The van der Waals surface area contributed by atoms with Gasteiger partial charge in [0.1, 0.15) is 0 Å². The lowest BCUT2D eigenvalue weighted by Gasteiger charge is -2.28. The van der Waals surface area contributed by atoms with Crippen molar-refractivity contribution in [1.82, 2.24) is 10.2 Å². The standard InChI is InChI=1S/C15H25BrN2/c1-4-7-15(11-17-5-2)18(3)12-13-8-6-9-14(16)10-13/h6,8-10,15,17H,4-5,7,11-12H2,1-3H3. The predicted molar refractivity (Wildman–Crippen MR) is 82.8 cm³/mol. The number of hydrogen-bond acceptors (Lipinski definition) is 2. The first-order chi connectivity index (χ1) is 8.67. The topological polar surface area (TPSA) is 15.3 Å². The van der Waals surface area contributed by atoms with E-state index in [1.54, 1.807) is 0 Å². The van der Waals surface area contributed by atoms with Crippen molar-refractivity contribution in [2.24, 2.45) is 0 Å². The van der Waals surface area contributed by atoms with Crippen molar-refractivity contribution in [3.8, 4) is 0 Å². The summed E-state index contributed by atoms with van der Waals surface area (Å²) in [5, 5.41) is 3.46. The van der Waals surface area contributed by atoms with Crippen LogP contribution in [0.4, 0.5) is 0 Å². The normalized spacial score (nSPS) is 12.9. The van der Waals surface area contributed by atoms with E-state index in [1.165, 1.54) is 18.4 Å². The average molecular weight is 313 g/mol.